The van der Waals surface area contributed by atoms with E-state index in [9.17, 15) is 0 Å². The molecular weight excluding hydrogens is 583 g/mol. The predicted octanol–water partition coefficient (Wildman–Crippen LogP) is 13.2. The summed E-state index contributed by atoms with van der Waals surface area (Å²) in [7, 11) is 0. The molecule has 0 saturated carbocycles. The number of hydrogen-bond donors (Lipinski definition) is 0. The Kier molecular flexibility index (Phi) is 6.84. The van der Waals surface area contributed by atoms with Crippen LogP contribution in [-0.2, 0) is 0 Å². The maximum Gasteiger partial charge on any atom is 0.135 e. The zero-order valence-electron chi connectivity index (χ0n) is 26.3. The van der Waals surface area contributed by atoms with E-state index in [0.717, 1.165) is 50.1 Å². The standard InChI is InChI=1S/C46H31NO/c1-2-11-32(12-3-1)34-23-26-39(27-24-34)47(40-16-10-15-36(30-40)37-22-21-33-13-4-5-14-35(33)29-37)44-19-8-6-17-41(44)38-25-28-46-43(31-38)42-18-7-9-20-45(42)48-46/h1-31H. The Morgan fingerprint density at radius 2 is 0.979 bits per heavy atom. The summed E-state index contributed by atoms with van der Waals surface area (Å²) in [5, 5.41) is 4.73. The lowest BCUT2D eigenvalue weighted by Gasteiger charge is -2.28. The number of para-hydroxylation sites is 2. The smallest absolute Gasteiger partial charge is 0.135 e. The van der Waals surface area contributed by atoms with Crippen LogP contribution in [0.25, 0.3) is 66.1 Å². The second-order valence-corrected chi connectivity index (χ2v) is 12.2. The summed E-state index contributed by atoms with van der Waals surface area (Å²) in [6, 6.07) is 67.1. The second-order valence-electron chi connectivity index (χ2n) is 12.2. The van der Waals surface area contributed by atoms with Crippen molar-refractivity contribution in [2.45, 2.75) is 0 Å². The van der Waals surface area contributed by atoms with Crippen LogP contribution in [0.15, 0.2) is 192 Å². The molecule has 0 aliphatic carbocycles. The third-order valence-electron chi connectivity index (χ3n) is 9.25. The third kappa shape index (κ3) is 5.01. The number of furan rings is 1. The zero-order valence-corrected chi connectivity index (χ0v) is 26.3. The molecule has 0 N–H and O–H groups in total. The molecule has 0 radical (unpaired) electrons. The van der Waals surface area contributed by atoms with Crippen molar-refractivity contribution in [1.82, 2.24) is 0 Å². The Balaban J connectivity index is 1.21. The van der Waals surface area contributed by atoms with Crippen LogP contribution in [0.2, 0.25) is 0 Å². The van der Waals surface area contributed by atoms with Gasteiger partial charge in [-0.2, -0.15) is 0 Å². The highest BCUT2D eigenvalue weighted by atomic mass is 16.3. The molecule has 0 atom stereocenters. The number of hydrogen-bond acceptors (Lipinski definition) is 2. The van der Waals surface area contributed by atoms with Gasteiger partial charge in [0, 0.05) is 27.7 Å². The molecule has 2 heteroatoms. The predicted molar refractivity (Wildman–Crippen MR) is 202 cm³/mol. The summed E-state index contributed by atoms with van der Waals surface area (Å²) in [6.07, 6.45) is 0. The van der Waals surface area contributed by atoms with Crippen molar-refractivity contribution in [3.05, 3.63) is 188 Å². The molecule has 2 nitrogen and oxygen atoms in total. The van der Waals surface area contributed by atoms with E-state index in [1.54, 1.807) is 0 Å². The van der Waals surface area contributed by atoms with Gasteiger partial charge in [-0.1, -0.05) is 133 Å². The van der Waals surface area contributed by atoms with Gasteiger partial charge in [0.05, 0.1) is 5.69 Å². The molecule has 0 aliphatic rings. The van der Waals surface area contributed by atoms with Crippen molar-refractivity contribution in [2.75, 3.05) is 4.90 Å². The SMILES string of the molecule is c1ccc(-c2ccc(N(c3cccc(-c4ccc5ccccc5c4)c3)c3ccccc3-c3ccc4oc5ccccc5c4c3)cc2)cc1. The molecule has 0 unspecified atom stereocenters. The minimum Gasteiger partial charge on any atom is -0.456 e. The topological polar surface area (TPSA) is 16.4 Å². The van der Waals surface area contributed by atoms with E-state index >= 15 is 0 Å². The molecule has 9 aromatic rings. The van der Waals surface area contributed by atoms with Crippen LogP contribution in [0, 0.1) is 0 Å². The molecule has 0 saturated heterocycles. The minimum absolute atomic E-state index is 0.897. The van der Waals surface area contributed by atoms with Crippen LogP contribution in [0.1, 0.15) is 0 Å². The van der Waals surface area contributed by atoms with E-state index in [1.807, 2.05) is 12.1 Å². The largest absolute Gasteiger partial charge is 0.456 e. The van der Waals surface area contributed by atoms with Crippen LogP contribution in [0.3, 0.4) is 0 Å². The maximum atomic E-state index is 6.18. The van der Waals surface area contributed by atoms with Crippen LogP contribution < -0.4 is 4.90 Å². The van der Waals surface area contributed by atoms with Gasteiger partial charge < -0.3 is 9.32 Å². The van der Waals surface area contributed by atoms with Gasteiger partial charge in [-0.15, -0.1) is 0 Å². The van der Waals surface area contributed by atoms with Crippen molar-refractivity contribution in [3.8, 4) is 33.4 Å². The number of fused-ring (bicyclic) bond motifs is 4. The molecule has 1 heterocycles. The quantitative estimate of drug-likeness (QED) is 0.185. The summed E-state index contributed by atoms with van der Waals surface area (Å²) >= 11 is 0. The van der Waals surface area contributed by atoms with Crippen molar-refractivity contribution in [2.24, 2.45) is 0 Å². The summed E-state index contributed by atoms with van der Waals surface area (Å²) in [5.41, 5.74) is 12.1. The Morgan fingerprint density at radius 3 is 1.88 bits per heavy atom. The lowest BCUT2D eigenvalue weighted by molar-refractivity contribution is 0.669. The average molecular weight is 614 g/mol. The molecule has 0 fully saturated rings. The summed E-state index contributed by atoms with van der Waals surface area (Å²) in [5.74, 6) is 0. The van der Waals surface area contributed by atoms with Crippen molar-refractivity contribution in [3.63, 3.8) is 0 Å². The van der Waals surface area contributed by atoms with E-state index in [4.69, 9.17) is 4.42 Å². The summed E-state index contributed by atoms with van der Waals surface area (Å²) in [4.78, 5) is 2.38. The molecule has 226 valence electrons. The third-order valence-corrected chi connectivity index (χ3v) is 9.25. The summed E-state index contributed by atoms with van der Waals surface area (Å²) in [6.45, 7) is 0. The molecule has 1 aromatic heterocycles. The number of rotatable bonds is 6. The first kappa shape index (κ1) is 27.9. The highest BCUT2D eigenvalue weighted by Crippen LogP contribution is 2.43. The highest BCUT2D eigenvalue weighted by Gasteiger charge is 2.19. The Hall–Kier alpha value is -6.38. The van der Waals surface area contributed by atoms with Gasteiger partial charge in [-0.05, 0) is 93.2 Å². The zero-order chi connectivity index (χ0) is 31.9. The van der Waals surface area contributed by atoms with E-state index in [2.05, 4.69) is 181 Å². The van der Waals surface area contributed by atoms with Crippen molar-refractivity contribution in [1.29, 1.82) is 0 Å². The van der Waals surface area contributed by atoms with Gasteiger partial charge in [-0.25, -0.2) is 0 Å². The Labute approximate surface area is 279 Å². The molecule has 0 aliphatic heterocycles. The monoisotopic (exact) mass is 613 g/mol. The number of anilines is 3. The van der Waals surface area contributed by atoms with E-state index in [-0.39, 0.29) is 0 Å². The fraction of sp³-hybridized carbons (Fsp3) is 0. The molecule has 9 rings (SSSR count). The van der Waals surface area contributed by atoms with Gasteiger partial charge >= 0.3 is 0 Å². The number of nitrogens with zero attached hydrogens (tertiary/aromatic N) is 1. The molecule has 0 spiro atoms. The van der Waals surface area contributed by atoms with Gasteiger partial charge in [-0.3, -0.25) is 0 Å². The van der Waals surface area contributed by atoms with Gasteiger partial charge in [0.25, 0.3) is 0 Å². The van der Waals surface area contributed by atoms with Gasteiger partial charge in [0.15, 0.2) is 0 Å². The number of benzene rings is 8. The average Bonchev–Trinajstić information content (AvgIpc) is 3.54. The van der Waals surface area contributed by atoms with Crippen LogP contribution >= 0.6 is 0 Å². The van der Waals surface area contributed by atoms with Gasteiger partial charge in [0.2, 0.25) is 0 Å². The normalized spacial score (nSPS) is 11.3. The highest BCUT2D eigenvalue weighted by molar-refractivity contribution is 6.07. The maximum absolute atomic E-state index is 6.18. The first-order valence-corrected chi connectivity index (χ1v) is 16.3. The van der Waals surface area contributed by atoms with E-state index in [1.165, 1.54) is 33.0 Å². The Bertz CT molecular complexity index is 2560. The minimum atomic E-state index is 0.897. The fourth-order valence-electron chi connectivity index (χ4n) is 6.86. The summed E-state index contributed by atoms with van der Waals surface area (Å²) < 4.78 is 6.18. The first-order valence-electron chi connectivity index (χ1n) is 16.3. The lowest BCUT2D eigenvalue weighted by atomic mass is 9.98. The first-order chi connectivity index (χ1) is 23.8. The van der Waals surface area contributed by atoms with Crippen LogP contribution in [-0.4, -0.2) is 0 Å². The van der Waals surface area contributed by atoms with E-state index < -0.39 is 0 Å². The molecule has 8 aromatic carbocycles. The fourth-order valence-corrected chi connectivity index (χ4v) is 6.86. The van der Waals surface area contributed by atoms with Crippen molar-refractivity contribution >= 4 is 49.8 Å². The van der Waals surface area contributed by atoms with Crippen molar-refractivity contribution < 1.29 is 4.42 Å². The molecular formula is C46H31NO. The molecule has 48 heavy (non-hydrogen) atoms. The lowest BCUT2D eigenvalue weighted by Crippen LogP contribution is -2.11. The molecule has 0 bridgehead atoms. The van der Waals surface area contributed by atoms with Gasteiger partial charge in [0.1, 0.15) is 11.2 Å². The van der Waals surface area contributed by atoms with Crippen LogP contribution in [0.4, 0.5) is 17.1 Å². The van der Waals surface area contributed by atoms with E-state index in [0.29, 0.717) is 0 Å². The molecule has 0 amide bonds. The van der Waals surface area contributed by atoms with Crippen LogP contribution in [0.5, 0.6) is 0 Å². The second kappa shape index (κ2) is 11.8. The Morgan fingerprint density at radius 1 is 0.333 bits per heavy atom.